The van der Waals surface area contributed by atoms with Gasteiger partial charge in [-0.2, -0.15) is 5.26 Å². The predicted molar refractivity (Wildman–Crippen MR) is 150 cm³/mol. The second-order valence-electron chi connectivity index (χ2n) is 9.28. The third-order valence-corrected chi connectivity index (χ3v) is 7.70. The number of nitriles is 1. The molecule has 0 atom stereocenters. The first-order chi connectivity index (χ1) is 18.6. The third kappa shape index (κ3) is 6.17. The van der Waals surface area contributed by atoms with Crippen LogP contribution >= 0.6 is 11.3 Å². The second kappa shape index (κ2) is 12.1. The topological polar surface area (TPSA) is 107 Å². The molecule has 1 aliphatic heterocycles. The van der Waals surface area contributed by atoms with Gasteiger partial charge in [0.25, 0.3) is 0 Å². The molecule has 0 amide bonds. The van der Waals surface area contributed by atoms with E-state index >= 15 is 0 Å². The van der Waals surface area contributed by atoms with Gasteiger partial charge in [-0.05, 0) is 50.5 Å². The molecule has 0 radical (unpaired) electrons. The molecule has 9 heteroatoms. The van der Waals surface area contributed by atoms with E-state index in [1.54, 1.807) is 29.9 Å². The van der Waals surface area contributed by atoms with Crippen molar-refractivity contribution in [3.05, 3.63) is 71.5 Å². The van der Waals surface area contributed by atoms with Crippen LogP contribution in [0.25, 0.3) is 21.7 Å². The van der Waals surface area contributed by atoms with Gasteiger partial charge in [0.15, 0.2) is 0 Å². The summed E-state index contributed by atoms with van der Waals surface area (Å²) in [4.78, 5) is 17.7. The van der Waals surface area contributed by atoms with Crippen molar-refractivity contribution in [3.63, 3.8) is 0 Å². The van der Waals surface area contributed by atoms with Crippen molar-refractivity contribution in [2.75, 3.05) is 31.6 Å². The molecule has 0 saturated carbocycles. The van der Waals surface area contributed by atoms with Gasteiger partial charge in [-0.15, -0.1) is 11.3 Å². The Morgan fingerprint density at radius 2 is 2.05 bits per heavy atom. The summed E-state index contributed by atoms with van der Waals surface area (Å²) in [6, 6.07) is 15.8. The van der Waals surface area contributed by atoms with E-state index in [0.717, 1.165) is 76.9 Å². The molecule has 38 heavy (non-hydrogen) atoms. The summed E-state index contributed by atoms with van der Waals surface area (Å²) in [5.74, 6) is 1.25. The Balaban J connectivity index is 1.27. The molecule has 0 unspecified atom stereocenters. The van der Waals surface area contributed by atoms with Gasteiger partial charge in [0.05, 0.1) is 28.8 Å². The van der Waals surface area contributed by atoms with Gasteiger partial charge in [0.1, 0.15) is 11.8 Å². The third-order valence-electron chi connectivity index (χ3n) is 6.57. The summed E-state index contributed by atoms with van der Waals surface area (Å²) < 4.78 is 5.99. The highest BCUT2D eigenvalue weighted by atomic mass is 32.1. The first kappa shape index (κ1) is 25.8. The monoisotopic (exact) mass is 526 g/mol. The van der Waals surface area contributed by atoms with Crippen molar-refractivity contribution in [2.24, 2.45) is 0 Å². The largest absolute Gasteiger partial charge is 0.493 e. The summed E-state index contributed by atoms with van der Waals surface area (Å²) in [6.07, 6.45) is 7.72. The van der Waals surface area contributed by atoms with Crippen molar-refractivity contribution in [1.82, 2.24) is 19.9 Å². The molecule has 0 bridgehead atoms. The second-order valence-corrected chi connectivity index (χ2v) is 10.5. The summed E-state index contributed by atoms with van der Waals surface area (Å²) in [6.45, 7) is 5.46. The van der Waals surface area contributed by atoms with Gasteiger partial charge < -0.3 is 20.1 Å². The van der Waals surface area contributed by atoms with E-state index in [1.165, 1.54) is 0 Å². The zero-order valence-electron chi connectivity index (χ0n) is 21.3. The van der Waals surface area contributed by atoms with E-state index in [0.29, 0.717) is 18.1 Å². The molecular weight excluding hydrogens is 496 g/mol. The standard InChI is InChI=1S/C29H30N6O2S/c1-20-25(18-30)27(21-5-3-11-31-19-21)28(38-20)26-8-12-32-29(34-26)33-22-6-2-7-24(17-22)37-16-4-13-35-14-9-23(36)10-15-35/h2-3,5-8,11-12,17,19,23,36H,4,9-10,13-16H2,1H3,(H,32,33,34). The number of thiophene rings is 1. The van der Waals surface area contributed by atoms with Crippen LogP contribution in [0.1, 0.15) is 29.7 Å². The van der Waals surface area contributed by atoms with Crippen LogP contribution in [-0.2, 0) is 0 Å². The van der Waals surface area contributed by atoms with E-state index in [-0.39, 0.29) is 6.10 Å². The summed E-state index contributed by atoms with van der Waals surface area (Å²) in [5, 5.41) is 22.8. The zero-order valence-corrected chi connectivity index (χ0v) is 22.1. The summed E-state index contributed by atoms with van der Waals surface area (Å²) in [7, 11) is 0. The lowest BCUT2D eigenvalue weighted by Gasteiger charge is -2.29. The van der Waals surface area contributed by atoms with E-state index in [2.05, 4.69) is 26.3 Å². The molecule has 2 N–H and O–H groups in total. The number of rotatable bonds is 9. The highest BCUT2D eigenvalue weighted by Crippen LogP contribution is 2.42. The first-order valence-electron chi connectivity index (χ1n) is 12.8. The molecule has 0 spiro atoms. The molecule has 8 nitrogen and oxygen atoms in total. The van der Waals surface area contributed by atoms with Crippen molar-refractivity contribution in [1.29, 1.82) is 5.26 Å². The van der Waals surface area contributed by atoms with E-state index in [9.17, 15) is 10.4 Å². The van der Waals surface area contributed by atoms with Crippen LogP contribution in [0.3, 0.4) is 0 Å². The van der Waals surface area contributed by atoms with Crippen LogP contribution in [0.15, 0.2) is 61.1 Å². The highest BCUT2D eigenvalue weighted by Gasteiger charge is 2.20. The number of anilines is 2. The summed E-state index contributed by atoms with van der Waals surface area (Å²) in [5.41, 5.74) is 3.96. The Kier molecular flexibility index (Phi) is 8.24. The van der Waals surface area contributed by atoms with Crippen molar-refractivity contribution < 1.29 is 9.84 Å². The number of likely N-dealkylation sites (tertiary alicyclic amines) is 1. The van der Waals surface area contributed by atoms with Gasteiger partial charge >= 0.3 is 0 Å². The van der Waals surface area contributed by atoms with E-state index in [1.807, 2.05) is 49.4 Å². The Morgan fingerprint density at radius 1 is 1.18 bits per heavy atom. The fourth-order valence-corrected chi connectivity index (χ4v) is 5.70. The molecule has 1 saturated heterocycles. The number of aryl methyl sites for hydroxylation is 1. The van der Waals surface area contributed by atoms with Crippen molar-refractivity contribution in [2.45, 2.75) is 32.3 Å². The average Bonchev–Trinajstić information content (AvgIpc) is 3.29. The number of pyridine rings is 1. The van der Waals surface area contributed by atoms with Gasteiger partial charge in [0, 0.05) is 66.0 Å². The summed E-state index contributed by atoms with van der Waals surface area (Å²) >= 11 is 1.55. The van der Waals surface area contributed by atoms with Crippen LogP contribution in [0, 0.1) is 18.3 Å². The molecule has 1 fully saturated rings. The molecule has 4 heterocycles. The number of nitrogens with one attached hydrogen (secondary N) is 1. The number of hydrogen-bond donors (Lipinski definition) is 2. The SMILES string of the molecule is Cc1sc(-c2ccnc(Nc3cccc(OCCCN4CCC(O)CC4)c3)n2)c(-c2cccnc2)c1C#N. The number of ether oxygens (including phenoxy) is 1. The first-order valence-corrected chi connectivity index (χ1v) is 13.6. The van der Waals surface area contributed by atoms with Gasteiger partial charge in [-0.3, -0.25) is 4.98 Å². The predicted octanol–water partition coefficient (Wildman–Crippen LogP) is 5.42. The molecule has 1 aromatic carbocycles. The van der Waals surface area contributed by atoms with Gasteiger partial charge in [-0.1, -0.05) is 12.1 Å². The van der Waals surface area contributed by atoms with E-state index < -0.39 is 0 Å². The lowest BCUT2D eigenvalue weighted by molar-refractivity contribution is 0.0800. The normalized spacial score (nSPS) is 14.2. The lowest BCUT2D eigenvalue weighted by Crippen LogP contribution is -2.36. The molecule has 3 aromatic heterocycles. The Hall–Kier alpha value is -3.84. The molecule has 5 rings (SSSR count). The minimum absolute atomic E-state index is 0.143. The number of aliphatic hydroxyl groups is 1. The van der Waals surface area contributed by atoms with Gasteiger partial charge in [0.2, 0.25) is 5.95 Å². The Morgan fingerprint density at radius 3 is 2.84 bits per heavy atom. The molecule has 1 aliphatic rings. The molecular formula is C29H30N6O2S. The zero-order chi connectivity index (χ0) is 26.3. The van der Waals surface area contributed by atoms with Crippen LogP contribution in [0.5, 0.6) is 5.75 Å². The highest BCUT2D eigenvalue weighted by molar-refractivity contribution is 7.16. The number of aromatic nitrogens is 3. The average molecular weight is 527 g/mol. The number of aliphatic hydroxyl groups excluding tert-OH is 1. The number of benzene rings is 1. The maximum absolute atomic E-state index is 9.82. The number of nitrogens with zero attached hydrogens (tertiary/aromatic N) is 5. The van der Waals surface area contributed by atoms with Crippen LogP contribution in [0.2, 0.25) is 0 Å². The minimum Gasteiger partial charge on any atom is -0.493 e. The van der Waals surface area contributed by atoms with Crippen molar-refractivity contribution in [3.8, 4) is 33.5 Å². The van der Waals surface area contributed by atoms with Gasteiger partial charge in [-0.25, -0.2) is 9.97 Å². The maximum Gasteiger partial charge on any atom is 0.227 e. The fraction of sp³-hybridized carbons (Fsp3) is 0.310. The molecule has 0 aliphatic carbocycles. The minimum atomic E-state index is -0.143. The van der Waals surface area contributed by atoms with Crippen molar-refractivity contribution >= 4 is 23.0 Å². The fourth-order valence-electron chi connectivity index (χ4n) is 4.61. The molecule has 4 aromatic rings. The van der Waals surface area contributed by atoms with Crippen LogP contribution in [-0.4, -0.2) is 57.3 Å². The van der Waals surface area contributed by atoms with Crippen LogP contribution < -0.4 is 10.1 Å². The Labute approximate surface area is 226 Å². The number of hydrogen-bond acceptors (Lipinski definition) is 9. The van der Waals surface area contributed by atoms with E-state index in [4.69, 9.17) is 9.72 Å². The smallest absolute Gasteiger partial charge is 0.227 e. The van der Waals surface area contributed by atoms with Crippen LogP contribution in [0.4, 0.5) is 11.6 Å². The Bertz CT molecular complexity index is 1410. The maximum atomic E-state index is 9.82. The molecule has 194 valence electrons. The number of piperidine rings is 1. The lowest BCUT2D eigenvalue weighted by atomic mass is 10.0. The quantitative estimate of drug-likeness (QED) is 0.279.